The van der Waals surface area contributed by atoms with Crippen molar-refractivity contribution >= 4 is 39.1 Å². The van der Waals surface area contributed by atoms with E-state index in [1.54, 1.807) is 6.20 Å². The third-order valence-corrected chi connectivity index (χ3v) is 5.59. The van der Waals surface area contributed by atoms with E-state index >= 15 is 0 Å². The highest BCUT2D eigenvalue weighted by atomic mass is 32.1. The molecule has 1 saturated heterocycles. The van der Waals surface area contributed by atoms with E-state index in [0.29, 0.717) is 22.7 Å². The molecule has 0 bridgehead atoms. The van der Waals surface area contributed by atoms with Gasteiger partial charge in [0, 0.05) is 30.1 Å². The molecule has 6 nitrogen and oxygen atoms in total. The fourth-order valence-electron chi connectivity index (χ4n) is 3.84. The topological polar surface area (TPSA) is 67.3 Å². The second-order valence-electron chi connectivity index (χ2n) is 7.52. The lowest BCUT2D eigenvalue weighted by Gasteiger charge is -2.35. The molecule has 0 radical (unpaired) electrons. The fraction of sp³-hybridized carbons (Fsp3) is 0.381. The number of hydrogen-bond acceptors (Lipinski definition) is 6. The van der Waals surface area contributed by atoms with E-state index in [4.69, 9.17) is 9.72 Å². The Bertz CT molecular complexity index is 950. The lowest BCUT2D eigenvalue weighted by Crippen LogP contribution is -2.39. The van der Waals surface area contributed by atoms with Crippen LogP contribution in [0, 0.1) is 11.8 Å². The van der Waals surface area contributed by atoms with Crippen molar-refractivity contribution in [1.29, 1.82) is 0 Å². The van der Waals surface area contributed by atoms with Crippen molar-refractivity contribution in [3.63, 3.8) is 0 Å². The number of nitrogens with one attached hydrogen (secondary N) is 1. The Balaban J connectivity index is 1.52. The standard InChI is InChI=1S/C21H24N4O2S/c1-14-10-15(2)12-25(11-14)18-7-6-16-4-3-5-17(20(16)23-18)27-13-19(26)24-21-22-8-9-28-21/h3-9,14-15H,10-13H2,1-2H3,(H,22,24,26). The van der Waals surface area contributed by atoms with E-state index < -0.39 is 0 Å². The second-order valence-corrected chi connectivity index (χ2v) is 8.42. The zero-order valence-corrected chi connectivity index (χ0v) is 16.9. The highest BCUT2D eigenvalue weighted by Crippen LogP contribution is 2.29. The highest BCUT2D eigenvalue weighted by Gasteiger charge is 2.23. The zero-order chi connectivity index (χ0) is 19.5. The van der Waals surface area contributed by atoms with Crippen LogP contribution in [0.2, 0.25) is 0 Å². The molecule has 1 fully saturated rings. The normalized spacial score (nSPS) is 19.6. The lowest BCUT2D eigenvalue weighted by atomic mass is 9.92. The molecule has 2 unspecified atom stereocenters. The van der Waals surface area contributed by atoms with Crippen LogP contribution in [-0.2, 0) is 4.79 Å². The van der Waals surface area contributed by atoms with Crippen LogP contribution in [0.3, 0.4) is 0 Å². The number of anilines is 2. The summed E-state index contributed by atoms with van der Waals surface area (Å²) in [5.41, 5.74) is 0.785. The minimum atomic E-state index is -0.234. The first-order chi connectivity index (χ1) is 13.6. The van der Waals surface area contributed by atoms with Crippen LogP contribution < -0.4 is 15.0 Å². The molecular formula is C21H24N4O2S. The Labute approximate surface area is 168 Å². The molecule has 3 aromatic rings. The molecule has 1 aliphatic heterocycles. The Morgan fingerprint density at radius 1 is 1.25 bits per heavy atom. The van der Waals surface area contributed by atoms with Crippen LogP contribution in [0.25, 0.3) is 10.9 Å². The molecule has 1 aromatic carbocycles. The number of amides is 1. The van der Waals surface area contributed by atoms with Crippen molar-refractivity contribution in [2.45, 2.75) is 20.3 Å². The Kier molecular flexibility index (Phi) is 5.43. The van der Waals surface area contributed by atoms with E-state index in [9.17, 15) is 4.79 Å². The van der Waals surface area contributed by atoms with E-state index in [2.05, 4.69) is 41.2 Å². The Hall–Kier alpha value is -2.67. The van der Waals surface area contributed by atoms with Crippen molar-refractivity contribution in [2.24, 2.45) is 11.8 Å². The van der Waals surface area contributed by atoms with Gasteiger partial charge in [0.15, 0.2) is 11.7 Å². The summed E-state index contributed by atoms with van der Waals surface area (Å²) < 4.78 is 5.80. The molecule has 0 aliphatic carbocycles. The highest BCUT2D eigenvalue weighted by molar-refractivity contribution is 7.13. The monoisotopic (exact) mass is 396 g/mol. The van der Waals surface area contributed by atoms with Gasteiger partial charge in [-0.3, -0.25) is 10.1 Å². The number of ether oxygens (including phenoxy) is 1. The van der Waals surface area contributed by atoms with E-state index in [-0.39, 0.29) is 12.5 Å². The lowest BCUT2D eigenvalue weighted by molar-refractivity contribution is -0.118. The van der Waals surface area contributed by atoms with E-state index in [1.807, 2.05) is 23.6 Å². The average molecular weight is 397 g/mol. The molecule has 1 N–H and O–H groups in total. The van der Waals surface area contributed by atoms with Crippen molar-refractivity contribution in [3.8, 4) is 5.75 Å². The van der Waals surface area contributed by atoms with Gasteiger partial charge in [-0.05, 0) is 36.5 Å². The number of carbonyl (C=O) groups excluding carboxylic acids is 1. The first-order valence-corrected chi connectivity index (χ1v) is 10.4. The molecular weight excluding hydrogens is 372 g/mol. The largest absolute Gasteiger partial charge is 0.481 e. The summed E-state index contributed by atoms with van der Waals surface area (Å²) >= 11 is 1.38. The summed E-state index contributed by atoms with van der Waals surface area (Å²) in [6, 6.07) is 9.94. The number of pyridine rings is 1. The van der Waals surface area contributed by atoms with Gasteiger partial charge >= 0.3 is 0 Å². The summed E-state index contributed by atoms with van der Waals surface area (Å²) in [7, 11) is 0. The van der Waals surface area contributed by atoms with Gasteiger partial charge in [-0.2, -0.15) is 0 Å². The van der Waals surface area contributed by atoms with E-state index in [1.165, 1.54) is 17.8 Å². The molecule has 4 rings (SSSR count). The molecule has 2 aromatic heterocycles. The second kappa shape index (κ2) is 8.14. The van der Waals surface area contributed by atoms with Gasteiger partial charge in [0.1, 0.15) is 17.1 Å². The van der Waals surface area contributed by atoms with Crippen LogP contribution in [-0.4, -0.2) is 35.6 Å². The van der Waals surface area contributed by atoms with Gasteiger partial charge in [-0.1, -0.05) is 26.0 Å². The maximum absolute atomic E-state index is 12.1. The number of para-hydroxylation sites is 1. The molecule has 28 heavy (non-hydrogen) atoms. The number of nitrogens with zero attached hydrogens (tertiary/aromatic N) is 3. The molecule has 1 amide bonds. The van der Waals surface area contributed by atoms with Crippen molar-refractivity contribution in [1.82, 2.24) is 9.97 Å². The smallest absolute Gasteiger partial charge is 0.264 e. The summed E-state index contributed by atoms with van der Waals surface area (Å²) in [4.78, 5) is 23.4. The number of carbonyl (C=O) groups is 1. The number of rotatable bonds is 5. The summed E-state index contributed by atoms with van der Waals surface area (Å²) in [6.45, 7) is 6.53. The SMILES string of the molecule is CC1CC(C)CN(c2ccc3cccc(OCC(=O)Nc4nccs4)c3n2)C1. The van der Waals surface area contributed by atoms with Crippen molar-refractivity contribution in [3.05, 3.63) is 41.9 Å². The number of hydrogen-bond donors (Lipinski definition) is 1. The van der Waals surface area contributed by atoms with Crippen LogP contribution in [0.4, 0.5) is 10.9 Å². The third-order valence-electron chi connectivity index (χ3n) is 4.90. The van der Waals surface area contributed by atoms with Gasteiger partial charge in [0.25, 0.3) is 5.91 Å². The van der Waals surface area contributed by atoms with Gasteiger partial charge in [0.2, 0.25) is 0 Å². The first-order valence-electron chi connectivity index (χ1n) is 9.55. The van der Waals surface area contributed by atoms with Crippen LogP contribution in [0.1, 0.15) is 20.3 Å². The van der Waals surface area contributed by atoms with E-state index in [0.717, 1.165) is 29.8 Å². The Morgan fingerprint density at radius 3 is 2.82 bits per heavy atom. The van der Waals surface area contributed by atoms with Gasteiger partial charge in [0.05, 0.1) is 0 Å². The zero-order valence-electron chi connectivity index (χ0n) is 16.1. The number of thiazole rings is 1. The number of fused-ring (bicyclic) bond motifs is 1. The summed E-state index contributed by atoms with van der Waals surface area (Å²) in [5, 5.41) is 6.11. The van der Waals surface area contributed by atoms with Crippen molar-refractivity contribution < 1.29 is 9.53 Å². The summed E-state index contributed by atoms with van der Waals surface area (Å²) in [6.07, 6.45) is 2.91. The first kappa shape index (κ1) is 18.7. The predicted octanol–water partition coefficient (Wildman–Crippen LogP) is 4.19. The number of piperidine rings is 1. The molecule has 2 atom stereocenters. The molecule has 3 heterocycles. The van der Waals surface area contributed by atoms with Gasteiger partial charge < -0.3 is 9.64 Å². The maximum atomic E-state index is 12.1. The average Bonchev–Trinajstić information content (AvgIpc) is 3.18. The third kappa shape index (κ3) is 4.25. The Morgan fingerprint density at radius 2 is 2.07 bits per heavy atom. The summed E-state index contributed by atoms with van der Waals surface area (Å²) in [5.74, 6) is 2.66. The minimum absolute atomic E-state index is 0.0810. The number of benzene rings is 1. The van der Waals surface area contributed by atoms with Crippen molar-refractivity contribution in [2.75, 3.05) is 29.9 Å². The quantitative estimate of drug-likeness (QED) is 0.700. The van der Waals surface area contributed by atoms with Crippen LogP contribution in [0.5, 0.6) is 5.75 Å². The van der Waals surface area contributed by atoms with Gasteiger partial charge in [-0.25, -0.2) is 9.97 Å². The van der Waals surface area contributed by atoms with Gasteiger partial charge in [-0.15, -0.1) is 11.3 Å². The molecule has 7 heteroatoms. The predicted molar refractivity (Wildman–Crippen MR) is 113 cm³/mol. The molecule has 0 spiro atoms. The number of aromatic nitrogens is 2. The molecule has 0 saturated carbocycles. The molecule has 1 aliphatic rings. The fourth-order valence-corrected chi connectivity index (χ4v) is 4.38. The maximum Gasteiger partial charge on any atom is 0.264 e. The van der Waals surface area contributed by atoms with Crippen LogP contribution in [0.15, 0.2) is 41.9 Å². The minimum Gasteiger partial charge on any atom is -0.481 e. The molecule has 146 valence electrons. The van der Waals surface area contributed by atoms with Crippen LogP contribution >= 0.6 is 11.3 Å².